The lowest BCUT2D eigenvalue weighted by Gasteiger charge is -2.38. The summed E-state index contributed by atoms with van der Waals surface area (Å²) in [4.78, 5) is 3.15. The molecule has 1 saturated carbocycles. The van der Waals surface area contributed by atoms with Gasteiger partial charge >= 0.3 is 0 Å². The number of nitrogen functional groups attached to an aromatic ring is 1. The summed E-state index contributed by atoms with van der Waals surface area (Å²) in [6.07, 6.45) is 2.45. The molecular formula is C14H19N3S2. The standard InChI is InChI=1S/C14H19N3S2/c1-14(2)8-17(5-6-18-14)13-11(9-3-4-9)12(16)10(7-15)19-13/h9H,3-6,8,16H2,1-2H3. The van der Waals surface area contributed by atoms with E-state index in [2.05, 4.69) is 24.8 Å². The minimum absolute atomic E-state index is 0.282. The van der Waals surface area contributed by atoms with Crippen molar-refractivity contribution in [3.63, 3.8) is 0 Å². The van der Waals surface area contributed by atoms with Crippen molar-refractivity contribution >= 4 is 33.8 Å². The van der Waals surface area contributed by atoms with Crippen LogP contribution in [0.4, 0.5) is 10.7 Å². The molecule has 1 aliphatic carbocycles. The largest absolute Gasteiger partial charge is 0.397 e. The third-order valence-electron chi connectivity index (χ3n) is 3.76. The first kappa shape index (κ1) is 13.1. The van der Waals surface area contributed by atoms with Crippen LogP contribution < -0.4 is 10.6 Å². The second kappa shape index (κ2) is 4.60. The third-order valence-corrected chi connectivity index (χ3v) is 6.25. The molecule has 0 amide bonds. The molecule has 1 saturated heterocycles. The normalized spacial score (nSPS) is 22.3. The van der Waals surface area contributed by atoms with Gasteiger partial charge in [0, 0.05) is 29.2 Å². The monoisotopic (exact) mass is 293 g/mol. The van der Waals surface area contributed by atoms with Gasteiger partial charge in [0.1, 0.15) is 10.9 Å². The van der Waals surface area contributed by atoms with Crippen LogP contribution in [0.1, 0.15) is 43.0 Å². The number of nitrogens with two attached hydrogens (primary N) is 1. The number of rotatable bonds is 2. The van der Waals surface area contributed by atoms with Gasteiger partial charge in [-0.2, -0.15) is 17.0 Å². The summed E-state index contributed by atoms with van der Waals surface area (Å²) in [5.41, 5.74) is 8.20. The molecule has 3 rings (SSSR count). The molecule has 1 aliphatic heterocycles. The lowest BCUT2D eigenvalue weighted by atomic mass is 10.1. The predicted octanol–water partition coefficient (Wildman–Crippen LogP) is 3.41. The van der Waals surface area contributed by atoms with Crippen molar-refractivity contribution in [1.82, 2.24) is 0 Å². The summed E-state index contributed by atoms with van der Waals surface area (Å²) in [5.74, 6) is 1.75. The SMILES string of the molecule is CC1(C)CN(c2sc(C#N)c(N)c2C2CC2)CCS1. The Morgan fingerprint density at radius 1 is 1.42 bits per heavy atom. The van der Waals surface area contributed by atoms with Crippen LogP contribution in [0.5, 0.6) is 0 Å². The van der Waals surface area contributed by atoms with Crippen LogP contribution in [-0.2, 0) is 0 Å². The summed E-state index contributed by atoms with van der Waals surface area (Å²) in [6, 6.07) is 2.26. The zero-order chi connectivity index (χ0) is 13.6. The maximum atomic E-state index is 9.22. The highest BCUT2D eigenvalue weighted by Gasteiger charge is 2.36. The molecule has 1 aromatic heterocycles. The average molecular weight is 293 g/mol. The number of nitrogens with zero attached hydrogens (tertiary/aromatic N) is 2. The van der Waals surface area contributed by atoms with Crippen LogP contribution in [0.2, 0.25) is 0 Å². The van der Waals surface area contributed by atoms with E-state index in [0.717, 1.165) is 24.5 Å². The highest BCUT2D eigenvalue weighted by molar-refractivity contribution is 8.00. The fraction of sp³-hybridized carbons (Fsp3) is 0.643. The molecule has 0 atom stereocenters. The van der Waals surface area contributed by atoms with E-state index in [9.17, 15) is 5.26 Å². The van der Waals surface area contributed by atoms with E-state index in [4.69, 9.17) is 5.73 Å². The Hall–Kier alpha value is -0.860. The Morgan fingerprint density at radius 2 is 2.16 bits per heavy atom. The number of thioether (sulfide) groups is 1. The first-order chi connectivity index (χ1) is 9.02. The summed E-state index contributed by atoms with van der Waals surface area (Å²) in [5, 5.41) is 10.5. The predicted molar refractivity (Wildman–Crippen MR) is 84.2 cm³/mol. The van der Waals surface area contributed by atoms with E-state index in [1.807, 2.05) is 11.8 Å². The lowest BCUT2D eigenvalue weighted by molar-refractivity contribution is 0.649. The molecule has 1 aromatic rings. The molecule has 102 valence electrons. The molecule has 3 nitrogen and oxygen atoms in total. The van der Waals surface area contributed by atoms with Crippen LogP contribution in [-0.4, -0.2) is 23.6 Å². The van der Waals surface area contributed by atoms with Crippen molar-refractivity contribution in [3.8, 4) is 6.07 Å². The number of nitriles is 1. The first-order valence-corrected chi connectivity index (χ1v) is 8.53. The molecule has 0 spiro atoms. The van der Waals surface area contributed by atoms with E-state index in [1.54, 1.807) is 11.3 Å². The molecule has 0 bridgehead atoms. The number of anilines is 2. The van der Waals surface area contributed by atoms with Crippen molar-refractivity contribution in [2.24, 2.45) is 0 Å². The molecule has 0 aromatic carbocycles. The summed E-state index contributed by atoms with van der Waals surface area (Å²) in [7, 11) is 0. The van der Waals surface area contributed by atoms with Crippen LogP contribution in [0.15, 0.2) is 0 Å². The number of hydrogen-bond acceptors (Lipinski definition) is 5. The van der Waals surface area contributed by atoms with Crippen molar-refractivity contribution in [2.75, 3.05) is 29.5 Å². The molecule has 2 heterocycles. The molecule has 2 fully saturated rings. The van der Waals surface area contributed by atoms with Gasteiger partial charge in [0.05, 0.1) is 10.7 Å². The maximum Gasteiger partial charge on any atom is 0.130 e. The highest BCUT2D eigenvalue weighted by Crippen LogP contribution is 2.52. The minimum atomic E-state index is 0.282. The maximum absolute atomic E-state index is 9.22. The Labute approximate surface area is 122 Å². The summed E-state index contributed by atoms with van der Waals surface area (Å²) >= 11 is 3.62. The topological polar surface area (TPSA) is 53.0 Å². The van der Waals surface area contributed by atoms with E-state index in [1.165, 1.54) is 23.4 Å². The highest BCUT2D eigenvalue weighted by atomic mass is 32.2. The molecule has 2 aliphatic rings. The van der Waals surface area contributed by atoms with Gasteiger partial charge in [-0.25, -0.2) is 0 Å². The number of hydrogen-bond donors (Lipinski definition) is 1. The third kappa shape index (κ3) is 2.44. The fourth-order valence-corrected chi connectivity index (χ4v) is 4.96. The van der Waals surface area contributed by atoms with Gasteiger partial charge in [0.15, 0.2) is 0 Å². The van der Waals surface area contributed by atoms with Crippen molar-refractivity contribution in [2.45, 2.75) is 37.4 Å². The molecule has 0 radical (unpaired) electrons. The van der Waals surface area contributed by atoms with Crippen LogP contribution >= 0.6 is 23.1 Å². The average Bonchev–Trinajstić information content (AvgIpc) is 3.12. The van der Waals surface area contributed by atoms with Crippen LogP contribution in [0.25, 0.3) is 0 Å². The van der Waals surface area contributed by atoms with Gasteiger partial charge in [0.2, 0.25) is 0 Å². The smallest absolute Gasteiger partial charge is 0.130 e. The zero-order valence-corrected chi connectivity index (χ0v) is 13.0. The van der Waals surface area contributed by atoms with Crippen LogP contribution in [0.3, 0.4) is 0 Å². The van der Waals surface area contributed by atoms with Crippen molar-refractivity contribution in [1.29, 1.82) is 5.26 Å². The van der Waals surface area contributed by atoms with E-state index < -0.39 is 0 Å². The molecule has 0 unspecified atom stereocenters. The summed E-state index contributed by atoms with van der Waals surface area (Å²) < 4.78 is 0.282. The second-order valence-corrected chi connectivity index (χ2v) is 8.78. The summed E-state index contributed by atoms with van der Waals surface area (Å²) in [6.45, 7) is 6.70. The van der Waals surface area contributed by atoms with Gasteiger partial charge in [-0.1, -0.05) is 0 Å². The Kier molecular flexibility index (Phi) is 3.18. The minimum Gasteiger partial charge on any atom is -0.397 e. The van der Waals surface area contributed by atoms with Crippen molar-refractivity contribution < 1.29 is 0 Å². The molecule has 5 heteroatoms. The van der Waals surface area contributed by atoms with E-state index in [-0.39, 0.29) is 4.75 Å². The zero-order valence-electron chi connectivity index (χ0n) is 11.4. The van der Waals surface area contributed by atoms with Crippen molar-refractivity contribution in [3.05, 3.63) is 10.4 Å². The van der Waals surface area contributed by atoms with Gasteiger partial charge in [-0.15, -0.1) is 11.3 Å². The van der Waals surface area contributed by atoms with Gasteiger partial charge in [-0.05, 0) is 32.6 Å². The molecule has 2 N–H and O–H groups in total. The quantitative estimate of drug-likeness (QED) is 0.908. The first-order valence-electron chi connectivity index (χ1n) is 6.73. The lowest BCUT2D eigenvalue weighted by Crippen LogP contribution is -2.43. The van der Waals surface area contributed by atoms with Gasteiger partial charge in [0.25, 0.3) is 0 Å². The van der Waals surface area contributed by atoms with Gasteiger partial charge < -0.3 is 10.6 Å². The van der Waals surface area contributed by atoms with Crippen LogP contribution in [0, 0.1) is 11.3 Å². The molecular weight excluding hydrogens is 274 g/mol. The van der Waals surface area contributed by atoms with E-state index >= 15 is 0 Å². The Balaban J connectivity index is 1.98. The Bertz CT molecular complexity index is 538. The van der Waals surface area contributed by atoms with E-state index in [0.29, 0.717) is 10.8 Å². The molecule has 19 heavy (non-hydrogen) atoms. The Morgan fingerprint density at radius 3 is 2.74 bits per heavy atom. The number of thiophene rings is 1. The fourth-order valence-electron chi connectivity index (χ4n) is 2.72. The van der Waals surface area contributed by atoms with Gasteiger partial charge in [-0.3, -0.25) is 0 Å². The second-order valence-electron chi connectivity index (χ2n) is 5.98.